The van der Waals surface area contributed by atoms with E-state index in [1.54, 1.807) is 13.3 Å². The van der Waals surface area contributed by atoms with Crippen molar-refractivity contribution < 1.29 is 9.47 Å². The average Bonchev–Trinajstić information content (AvgIpc) is 3.24. The van der Waals surface area contributed by atoms with Gasteiger partial charge in [0.15, 0.2) is 5.96 Å². The van der Waals surface area contributed by atoms with Gasteiger partial charge in [0.25, 0.3) is 0 Å². The number of hydrogen-bond donors (Lipinski definition) is 2. The fourth-order valence-corrected chi connectivity index (χ4v) is 3.77. The molecular weight excluding hydrogens is 517 g/mol. The summed E-state index contributed by atoms with van der Waals surface area (Å²) in [5, 5.41) is 6.89. The molecule has 0 spiro atoms. The van der Waals surface area contributed by atoms with E-state index in [9.17, 15) is 0 Å². The summed E-state index contributed by atoms with van der Waals surface area (Å²) in [6.45, 7) is 7.43. The van der Waals surface area contributed by atoms with Crippen molar-refractivity contribution in [2.75, 3.05) is 40.0 Å². The maximum atomic E-state index is 5.73. The number of nitrogens with zero attached hydrogens (tertiary/aromatic N) is 3. The maximum absolute atomic E-state index is 5.73. The molecule has 176 valence electrons. The summed E-state index contributed by atoms with van der Waals surface area (Å²) in [7, 11) is 1.66. The van der Waals surface area contributed by atoms with Crippen LogP contribution in [0.2, 0.25) is 0 Å². The number of guanidine groups is 1. The second-order valence-corrected chi connectivity index (χ2v) is 7.64. The molecule has 1 aromatic heterocycles. The van der Waals surface area contributed by atoms with Crippen LogP contribution in [0.3, 0.4) is 0 Å². The quantitative estimate of drug-likeness (QED) is 0.192. The highest BCUT2D eigenvalue weighted by Crippen LogP contribution is 2.19. The lowest BCUT2D eigenvalue weighted by Gasteiger charge is -2.25. The van der Waals surface area contributed by atoms with Crippen molar-refractivity contribution in [2.24, 2.45) is 4.99 Å². The Morgan fingerprint density at radius 2 is 2.00 bits per heavy atom. The van der Waals surface area contributed by atoms with E-state index >= 15 is 0 Å². The molecule has 1 unspecified atom stereocenters. The topological polar surface area (TPSA) is 71.0 Å². The van der Waals surface area contributed by atoms with Crippen molar-refractivity contribution in [3.05, 3.63) is 59.8 Å². The summed E-state index contributed by atoms with van der Waals surface area (Å²) in [4.78, 5) is 11.7. The monoisotopic (exact) mass is 553 g/mol. The Balaban J connectivity index is 0.00000363. The number of benzene rings is 1. The number of likely N-dealkylation sites (tertiary alicyclic amines) is 1. The standard InChI is InChI=1S/C24H35N5O2.HI/c1-3-25-24(27-17-21-11-7-13-26-23(21)31-16-15-30-2)28-18-22-12-8-14-29(22)19-20-9-5-4-6-10-20;/h4-7,9-11,13,22H,3,8,12,14-19H2,1-2H3,(H2,25,27,28);1H. The second kappa shape index (κ2) is 15.0. The number of aliphatic imine (C=N–C) groups is 1. The molecule has 0 amide bonds. The van der Waals surface area contributed by atoms with Crippen LogP contribution in [0.25, 0.3) is 0 Å². The van der Waals surface area contributed by atoms with Gasteiger partial charge in [0.2, 0.25) is 5.88 Å². The second-order valence-electron chi connectivity index (χ2n) is 7.64. The lowest BCUT2D eigenvalue weighted by atomic mass is 10.2. The summed E-state index contributed by atoms with van der Waals surface area (Å²) in [5.74, 6) is 1.43. The molecule has 2 aromatic rings. The van der Waals surface area contributed by atoms with E-state index < -0.39 is 0 Å². The first-order chi connectivity index (χ1) is 15.3. The Labute approximate surface area is 209 Å². The van der Waals surface area contributed by atoms with E-state index in [4.69, 9.17) is 14.5 Å². The first-order valence-corrected chi connectivity index (χ1v) is 11.2. The Kier molecular flexibility index (Phi) is 12.4. The van der Waals surface area contributed by atoms with Gasteiger partial charge in [-0.25, -0.2) is 9.98 Å². The van der Waals surface area contributed by atoms with Crippen LogP contribution < -0.4 is 15.4 Å². The van der Waals surface area contributed by atoms with Gasteiger partial charge >= 0.3 is 0 Å². The lowest BCUT2D eigenvalue weighted by molar-refractivity contribution is 0.143. The van der Waals surface area contributed by atoms with Gasteiger partial charge in [0.05, 0.1) is 13.2 Å². The molecule has 2 heterocycles. The lowest BCUT2D eigenvalue weighted by Crippen LogP contribution is -2.44. The van der Waals surface area contributed by atoms with Crippen LogP contribution in [-0.4, -0.2) is 61.8 Å². The van der Waals surface area contributed by atoms with Gasteiger partial charge < -0.3 is 20.1 Å². The first-order valence-electron chi connectivity index (χ1n) is 11.2. The molecule has 2 N–H and O–H groups in total. The molecule has 32 heavy (non-hydrogen) atoms. The number of pyridine rings is 1. The van der Waals surface area contributed by atoms with E-state index in [-0.39, 0.29) is 24.0 Å². The van der Waals surface area contributed by atoms with Crippen molar-refractivity contribution in [3.8, 4) is 5.88 Å². The van der Waals surface area contributed by atoms with Crippen molar-refractivity contribution in [1.82, 2.24) is 20.5 Å². The molecule has 1 fully saturated rings. The number of ether oxygens (including phenoxy) is 2. The molecule has 1 aromatic carbocycles. The third-order valence-electron chi connectivity index (χ3n) is 5.36. The van der Waals surface area contributed by atoms with Crippen LogP contribution in [0, 0.1) is 0 Å². The van der Waals surface area contributed by atoms with E-state index in [0.717, 1.165) is 37.7 Å². The van der Waals surface area contributed by atoms with E-state index in [1.165, 1.54) is 18.4 Å². The van der Waals surface area contributed by atoms with Crippen LogP contribution in [0.5, 0.6) is 5.88 Å². The fraction of sp³-hybridized carbons (Fsp3) is 0.500. The molecular formula is C24H36IN5O2. The molecule has 0 aliphatic carbocycles. The van der Waals surface area contributed by atoms with Crippen LogP contribution in [-0.2, 0) is 17.8 Å². The minimum absolute atomic E-state index is 0. The van der Waals surface area contributed by atoms with Crippen molar-refractivity contribution in [1.29, 1.82) is 0 Å². The summed E-state index contributed by atoms with van der Waals surface area (Å²) < 4.78 is 10.8. The Bertz CT molecular complexity index is 806. The number of nitrogens with one attached hydrogen (secondary N) is 2. The van der Waals surface area contributed by atoms with E-state index in [2.05, 4.69) is 57.8 Å². The van der Waals surface area contributed by atoms with Crippen molar-refractivity contribution >= 4 is 29.9 Å². The molecule has 0 radical (unpaired) electrons. The van der Waals surface area contributed by atoms with Crippen molar-refractivity contribution in [2.45, 2.75) is 38.9 Å². The molecule has 3 rings (SSSR count). The smallest absolute Gasteiger partial charge is 0.218 e. The number of methoxy groups -OCH3 is 1. The Morgan fingerprint density at radius 1 is 1.16 bits per heavy atom. The summed E-state index contributed by atoms with van der Waals surface area (Å²) >= 11 is 0. The fourth-order valence-electron chi connectivity index (χ4n) is 3.77. The van der Waals surface area contributed by atoms with Gasteiger partial charge in [0, 0.05) is 44.5 Å². The van der Waals surface area contributed by atoms with Crippen LogP contribution in [0.15, 0.2) is 53.7 Å². The van der Waals surface area contributed by atoms with Gasteiger partial charge in [-0.15, -0.1) is 24.0 Å². The molecule has 0 saturated carbocycles. The predicted molar refractivity (Wildman–Crippen MR) is 140 cm³/mol. The third kappa shape index (κ3) is 8.55. The first kappa shape index (κ1) is 26.3. The minimum atomic E-state index is 0. The minimum Gasteiger partial charge on any atom is -0.475 e. The van der Waals surface area contributed by atoms with Gasteiger partial charge in [-0.05, 0) is 37.9 Å². The van der Waals surface area contributed by atoms with E-state index in [0.29, 0.717) is 31.7 Å². The predicted octanol–water partition coefficient (Wildman–Crippen LogP) is 3.44. The van der Waals surface area contributed by atoms with Crippen LogP contribution in [0.4, 0.5) is 0 Å². The zero-order valence-electron chi connectivity index (χ0n) is 19.1. The zero-order valence-corrected chi connectivity index (χ0v) is 21.5. The van der Waals surface area contributed by atoms with Crippen molar-refractivity contribution in [3.63, 3.8) is 0 Å². The zero-order chi connectivity index (χ0) is 21.7. The molecule has 1 atom stereocenters. The number of aromatic nitrogens is 1. The SMILES string of the molecule is CCNC(=NCc1cccnc1OCCOC)NCC1CCCN1Cc1ccccc1.I. The van der Waals surface area contributed by atoms with Crippen LogP contribution in [0.1, 0.15) is 30.9 Å². The molecule has 8 heteroatoms. The van der Waals surface area contributed by atoms with Gasteiger partial charge in [-0.1, -0.05) is 36.4 Å². The summed E-state index contributed by atoms with van der Waals surface area (Å²) in [6, 6.07) is 15.1. The maximum Gasteiger partial charge on any atom is 0.218 e. The summed E-state index contributed by atoms with van der Waals surface area (Å²) in [5.41, 5.74) is 2.33. The highest BCUT2D eigenvalue weighted by Gasteiger charge is 2.24. The largest absolute Gasteiger partial charge is 0.475 e. The number of rotatable bonds is 11. The summed E-state index contributed by atoms with van der Waals surface area (Å²) in [6.07, 6.45) is 4.18. The van der Waals surface area contributed by atoms with Crippen LogP contribution >= 0.6 is 24.0 Å². The molecule has 0 bridgehead atoms. The molecule has 1 saturated heterocycles. The van der Waals surface area contributed by atoms with Gasteiger partial charge in [-0.3, -0.25) is 4.90 Å². The molecule has 7 nitrogen and oxygen atoms in total. The average molecular weight is 553 g/mol. The molecule has 1 aliphatic heterocycles. The normalized spacial score (nSPS) is 16.4. The van der Waals surface area contributed by atoms with E-state index in [1.807, 2.05) is 12.1 Å². The Hall–Kier alpha value is -1.91. The number of hydrogen-bond acceptors (Lipinski definition) is 5. The van der Waals surface area contributed by atoms with Gasteiger partial charge in [-0.2, -0.15) is 0 Å². The van der Waals surface area contributed by atoms with Gasteiger partial charge in [0.1, 0.15) is 6.61 Å². The highest BCUT2D eigenvalue weighted by molar-refractivity contribution is 14.0. The Morgan fingerprint density at radius 3 is 2.78 bits per heavy atom. The third-order valence-corrected chi connectivity index (χ3v) is 5.36. The molecule has 1 aliphatic rings. The number of halogens is 1. The highest BCUT2D eigenvalue weighted by atomic mass is 127.